The van der Waals surface area contributed by atoms with E-state index in [4.69, 9.17) is 9.57 Å². The number of ether oxygens (including phenoxy) is 1. The third-order valence-electron chi connectivity index (χ3n) is 3.99. The lowest BCUT2D eigenvalue weighted by atomic mass is 9.98. The third kappa shape index (κ3) is 5.10. The van der Waals surface area contributed by atoms with Gasteiger partial charge in [0.25, 0.3) is 0 Å². The van der Waals surface area contributed by atoms with Gasteiger partial charge in [0.2, 0.25) is 5.88 Å². The van der Waals surface area contributed by atoms with Crippen LogP contribution in [0.3, 0.4) is 0 Å². The Bertz CT molecular complexity index is 1000. The normalized spacial score (nSPS) is 12.0. The highest BCUT2D eigenvalue weighted by Gasteiger charge is 2.30. The minimum Gasteiger partial charge on any atom is -0.473 e. The van der Waals surface area contributed by atoms with Crippen LogP contribution in [0.25, 0.3) is 0 Å². The minimum absolute atomic E-state index is 0.0204. The zero-order valence-corrected chi connectivity index (χ0v) is 15.3. The van der Waals surface area contributed by atoms with E-state index in [9.17, 15) is 17.6 Å². The molecule has 3 rings (SSSR count). The van der Waals surface area contributed by atoms with Crippen molar-refractivity contribution in [2.45, 2.75) is 12.8 Å². The van der Waals surface area contributed by atoms with Crippen molar-refractivity contribution < 1.29 is 27.1 Å². The van der Waals surface area contributed by atoms with Gasteiger partial charge in [-0.2, -0.15) is 13.2 Å². The van der Waals surface area contributed by atoms with Crippen molar-refractivity contribution in [3.8, 4) is 5.88 Å². The molecule has 0 bridgehead atoms. The van der Waals surface area contributed by atoms with E-state index in [0.717, 1.165) is 12.1 Å². The molecule has 0 radical (unpaired) electrons. The van der Waals surface area contributed by atoms with Gasteiger partial charge in [-0.25, -0.2) is 9.37 Å². The molecule has 1 heterocycles. The fourth-order valence-corrected chi connectivity index (χ4v) is 2.65. The Morgan fingerprint density at radius 2 is 1.83 bits per heavy atom. The zero-order valence-electron chi connectivity index (χ0n) is 15.3. The summed E-state index contributed by atoms with van der Waals surface area (Å²) in [4.78, 5) is 8.62. The molecule has 0 aliphatic rings. The first-order valence-electron chi connectivity index (χ1n) is 8.50. The molecule has 29 heavy (non-hydrogen) atoms. The number of alkyl halides is 3. The predicted octanol–water partition coefficient (Wildman–Crippen LogP) is 5.22. The van der Waals surface area contributed by atoms with Crippen LogP contribution in [0.5, 0.6) is 5.88 Å². The number of nitrogens with zero attached hydrogens (tertiary/aromatic N) is 2. The zero-order chi connectivity index (χ0) is 20.9. The molecule has 8 heteroatoms. The predicted molar refractivity (Wildman–Crippen MR) is 99.1 cm³/mol. The number of aromatic nitrogens is 1. The van der Waals surface area contributed by atoms with Gasteiger partial charge in [-0.15, -0.1) is 0 Å². The Kier molecular flexibility index (Phi) is 6.11. The smallest absolute Gasteiger partial charge is 0.417 e. The molecule has 1 aromatic heterocycles. The lowest BCUT2D eigenvalue weighted by Gasteiger charge is -2.13. The van der Waals surface area contributed by atoms with Gasteiger partial charge in [0, 0.05) is 23.4 Å². The number of pyridine rings is 1. The van der Waals surface area contributed by atoms with Crippen LogP contribution in [-0.2, 0) is 17.6 Å². The Morgan fingerprint density at radius 1 is 1.03 bits per heavy atom. The van der Waals surface area contributed by atoms with Gasteiger partial charge in [0.15, 0.2) is 0 Å². The number of hydrogen-bond acceptors (Lipinski definition) is 4. The van der Waals surface area contributed by atoms with Crippen LogP contribution in [0.15, 0.2) is 72.0 Å². The standard InChI is InChI=1S/C21H16F4N2O2/c1-28-27-20(14-6-4-7-17(22)11-14)18-8-3-2-5-15(18)13-29-19-10-9-16(12-26-19)21(23,24)25/h2-12H,13H2,1H3/b27-20-. The lowest BCUT2D eigenvalue weighted by Crippen LogP contribution is -2.10. The first-order chi connectivity index (χ1) is 13.9. The van der Waals surface area contributed by atoms with E-state index < -0.39 is 17.6 Å². The summed E-state index contributed by atoms with van der Waals surface area (Å²) in [5, 5.41) is 4.01. The molecule has 0 saturated carbocycles. The summed E-state index contributed by atoms with van der Waals surface area (Å²) >= 11 is 0. The maximum atomic E-state index is 13.7. The van der Waals surface area contributed by atoms with E-state index in [1.807, 2.05) is 0 Å². The van der Waals surface area contributed by atoms with Crippen molar-refractivity contribution in [3.05, 3.63) is 94.9 Å². The fraction of sp³-hybridized carbons (Fsp3) is 0.143. The van der Waals surface area contributed by atoms with Crippen LogP contribution in [0, 0.1) is 5.82 Å². The number of benzene rings is 2. The van der Waals surface area contributed by atoms with E-state index in [0.29, 0.717) is 28.6 Å². The van der Waals surface area contributed by atoms with Gasteiger partial charge in [-0.05, 0) is 23.8 Å². The Hall–Kier alpha value is -3.42. The SMILES string of the molecule is CO/N=C(/c1cccc(F)c1)c1ccccc1COc1ccc(C(F)(F)F)cn1. The van der Waals surface area contributed by atoms with Crippen molar-refractivity contribution in [1.82, 2.24) is 4.98 Å². The molecular formula is C21H16F4N2O2. The van der Waals surface area contributed by atoms with Crippen LogP contribution in [0.2, 0.25) is 0 Å². The van der Waals surface area contributed by atoms with E-state index in [1.165, 1.54) is 19.2 Å². The number of oxime groups is 1. The van der Waals surface area contributed by atoms with Crippen molar-refractivity contribution in [2.75, 3.05) is 7.11 Å². The average molecular weight is 404 g/mol. The van der Waals surface area contributed by atoms with Gasteiger partial charge < -0.3 is 9.57 Å². The van der Waals surface area contributed by atoms with Gasteiger partial charge in [-0.3, -0.25) is 0 Å². The second kappa shape index (κ2) is 8.72. The maximum Gasteiger partial charge on any atom is 0.417 e. The highest BCUT2D eigenvalue weighted by molar-refractivity contribution is 6.13. The average Bonchev–Trinajstić information content (AvgIpc) is 2.70. The summed E-state index contributed by atoms with van der Waals surface area (Å²) in [6, 6.07) is 15.0. The summed E-state index contributed by atoms with van der Waals surface area (Å²) in [6.07, 6.45) is -3.75. The highest BCUT2D eigenvalue weighted by Crippen LogP contribution is 2.29. The van der Waals surface area contributed by atoms with E-state index in [1.54, 1.807) is 36.4 Å². The first kappa shape index (κ1) is 20.3. The summed E-state index contributed by atoms with van der Waals surface area (Å²) in [5.74, 6) is -0.377. The number of rotatable bonds is 6. The molecule has 0 fully saturated rings. The molecule has 3 aromatic rings. The maximum absolute atomic E-state index is 13.7. The van der Waals surface area contributed by atoms with Crippen molar-refractivity contribution in [2.24, 2.45) is 5.16 Å². The largest absolute Gasteiger partial charge is 0.473 e. The molecule has 0 amide bonds. The van der Waals surface area contributed by atoms with Crippen molar-refractivity contribution in [1.29, 1.82) is 0 Å². The summed E-state index contributed by atoms with van der Waals surface area (Å²) in [5.41, 5.74) is 1.35. The topological polar surface area (TPSA) is 43.7 Å². The Morgan fingerprint density at radius 3 is 2.48 bits per heavy atom. The van der Waals surface area contributed by atoms with Crippen LogP contribution < -0.4 is 4.74 Å². The molecule has 0 N–H and O–H groups in total. The third-order valence-corrected chi connectivity index (χ3v) is 3.99. The molecule has 0 aliphatic carbocycles. The summed E-state index contributed by atoms with van der Waals surface area (Å²) < 4.78 is 57.1. The van der Waals surface area contributed by atoms with Gasteiger partial charge in [0.1, 0.15) is 25.2 Å². The monoisotopic (exact) mass is 404 g/mol. The molecule has 0 saturated heterocycles. The molecule has 0 atom stereocenters. The second-order valence-corrected chi connectivity index (χ2v) is 5.96. The molecule has 2 aromatic carbocycles. The molecular weight excluding hydrogens is 388 g/mol. The van der Waals surface area contributed by atoms with Crippen LogP contribution in [-0.4, -0.2) is 17.8 Å². The van der Waals surface area contributed by atoms with Crippen molar-refractivity contribution in [3.63, 3.8) is 0 Å². The molecule has 150 valence electrons. The molecule has 0 aliphatic heterocycles. The van der Waals surface area contributed by atoms with Gasteiger partial charge in [-0.1, -0.05) is 41.6 Å². The quantitative estimate of drug-likeness (QED) is 0.322. The fourth-order valence-electron chi connectivity index (χ4n) is 2.65. The first-order valence-corrected chi connectivity index (χ1v) is 8.50. The Labute approximate surface area is 164 Å². The summed E-state index contributed by atoms with van der Waals surface area (Å²) in [6.45, 7) is 0.0204. The van der Waals surface area contributed by atoms with Crippen LogP contribution in [0.4, 0.5) is 17.6 Å². The van der Waals surface area contributed by atoms with E-state index >= 15 is 0 Å². The van der Waals surface area contributed by atoms with E-state index in [2.05, 4.69) is 10.1 Å². The van der Waals surface area contributed by atoms with Gasteiger partial charge >= 0.3 is 6.18 Å². The summed E-state index contributed by atoms with van der Waals surface area (Å²) in [7, 11) is 1.38. The van der Waals surface area contributed by atoms with Crippen molar-refractivity contribution >= 4 is 5.71 Å². The number of halogens is 4. The molecule has 4 nitrogen and oxygen atoms in total. The second-order valence-electron chi connectivity index (χ2n) is 5.96. The van der Waals surface area contributed by atoms with Crippen LogP contribution >= 0.6 is 0 Å². The number of hydrogen-bond donors (Lipinski definition) is 0. The molecule has 0 spiro atoms. The lowest BCUT2D eigenvalue weighted by molar-refractivity contribution is -0.137. The van der Waals surface area contributed by atoms with Crippen LogP contribution in [0.1, 0.15) is 22.3 Å². The Balaban J connectivity index is 1.85. The van der Waals surface area contributed by atoms with E-state index in [-0.39, 0.29) is 12.5 Å². The highest BCUT2D eigenvalue weighted by atomic mass is 19.4. The van der Waals surface area contributed by atoms with Gasteiger partial charge in [0.05, 0.1) is 5.56 Å². The molecule has 0 unspecified atom stereocenters. The minimum atomic E-state index is -4.46.